The number of aryl methyl sites for hydroxylation is 1. The van der Waals surface area contributed by atoms with E-state index >= 15 is 0 Å². The van der Waals surface area contributed by atoms with Gasteiger partial charge in [0.2, 0.25) is 5.95 Å². The number of nitrogens with zero attached hydrogens (tertiary/aromatic N) is 2. The smallest absolute Gasteiger partial charge is 0.203 e. The van der Waals surface area contributed by atoms with Crippen LogP contribution < -0.4 is 5.32 Å². The maximum atomic E-state index is 5.09. The molecule has 0 bridgehead atoms. The number of rotatable bonds is 7. The van der Waals surface area contributed by atoms with Crippen molar-refractivity contribution in [3.63, 3.8) is 0 Å². The fourth-order valence-electron chi connectivity index (χ4n) is 3.23. The summed E-state index contributed by atoms with van der Waals surface area (Å²) in [7, 11) is 1.75. The quantitative estimate of drug-likeness (QED) is 0.772. The highest BCUT2D eigenvalue weighted by molar-refractivity contribution is 5.29. The summed E-state index contributed by atoms with van der Waals surface area (Å²) in [4.78, 5) is 4.65. The second-order valence-corrected chi connectivity index (χ2v) is 5.98. The maximum Gasteiger partial charge on any atom is 0.203 e. The number of nitrogens with one attached hydrogen (secondary N) is 1. The van der Waals surface area contributed by atoms with Crippen molar-refractivity contribution in [1.29, 1.82) is 0 Å². The Balaban J connectivity index is 1.99. The Kier molecular flexibility index (Phi) is 5.89. The Hall–Kier alpha value is -1.03. The molecule has 1 aromatic rings. The lowest BCUT2D eigenvalue weighted by molar-refractivity contribution is 0.197. The summed E-state index contributed by atoms with van der Waals surface area (Å²) in [6, 6.07) is 0.625. The summed E-state index contributed by atoms with van der Waals surface area (Å²) in [5.41, 5.74) is 1.11. The molecule has 0 aromatic carbocycles. The summed E-state index contributed by atoms with van der Waals surface area (Å²) in [6.07, 6.45) is 9.88. The van der Waals surface area contributed by atoms with E-state index in [0.29, 0.717) is 6.04 Å². The predicted octanol–water partition coefficient (Wildman–Crippen LogP) is 3.78. The summed E-state index contributed by atoms with van der Waals surface area (Å²) in [5, 5.41) is 3.47. The first-order chi connectivity index (χ1) is 9.74. The van der Waals surface area contributed by atoms with Crippen molar-refractivity contribution in [3.8, 4) is 0 Å². The molecular weight excluding hydrogens is 250 g/mol. The standard InChI is InChI=1S/C16H29N3O/c1-4-14-7-5-8-15(11-14)19-12-13(2)18-16(19)17-9-6-10-20-3/h12,14-15H,4-11H2,1-3H3,(H,17,18). The number of ether oxygens (including phenoxy) is 1. The molecule has 0 amide bonds. The molecule has 0 aliphatic heterocycles. The van der Waals surface area contributed by atoms with Crippen LogP contribution in [0.15, 0.2) is 6.20 Å². The Bertz CT molecular complexity index is 402. The zero-order chi connectivity index (χ0) is 14.4. The Morgan fingerprint density at radius 2 is 2.30 bits per heavy atom. The van der Waals surface area contributed by atoms with Crippen molar-refractivity contribution in [1.82, 2.24) is 9.55 Å². The summed E-state index contributed by atoms with van der Waals surface area (Å²) < 4.78 is 7.47. The van der Waals surface area contributed by atoms with Gasteiger partial charge in [-0.25, -0.2) is 4.98 Å². The van der Waals surface area contributed by atoms with Crippen molar-refractivity contribution >= 4 is 5.95 Å². The van der Waals surface area contributed by atoms with Gasteiger partial charge in [0.25, 0.3) is 0 Å². The Morgan fingerprint density at radius 1 is 1.45 bits per heavy atom. The zero-order valence-corrected chi connectivity index (χ0v) is 13.2. The van der Waals surface area contributed by atoms with Gasteiger partial charge in [-0.05, 0) is 32.1 Å². The highest BCUT2D eigenvalue weighted by atomic mass is 16.5. The predicted molar refractivity (Wildman–Crippen MR) is 83.2 cm³/mol. The van der Waals surface area contributed by atoms with Gasteiger partial charge in [0, 0.05) is 32.5 Å². The number of methoxy groups -OCH3 is 1. The molecule has 1 aromatic heterocycles. The summed E-state index contributed by atoms with van der Waals surface area (Å²) in [5.74, 6) is 1.93. The van der Waals surface area contributed by atoms with Gasteiger partial charge in [0.15, 0.2) is 0 Å². The molecule has 1 fully saturated rings. The topological polar surface area (TPSA) is 39.1 Å². The molecule has 2 rings (SSSR count). The number of anilines is 1. The van der Waals surface area contributed by atoms with E-state index < -0.39 is 0 Å². The molecule has 1 N–H and O–H groups in total. The van der Waals surface area contributed by atoms with E-state index in [-0.39, 0.29) is 0 Å². The highest BCUT2D eigenvalue weighted by Crippen LogP contribution is 2.35. The number of aromatic nitrogens is 2. The van der Waals surface area contributed by atoms with Crippen molar-refractivity contribution < 1.29 is 4.74 Å². The molecule has 1 aliphatic rings. The molecular formula is C16H29N3O. The molecule has 4 heteroatoms. The minimum Gasteiger partial charge on any atom is -0.385 e. The molecule has 0 saturated heterocycles. The van der Waals surface area contributed by atoms with Gasteiger partial charge in [-0.1, -0.05) is 26.2 Å². The fourth-order valence-corrected chi connectivity index (χ4v) is 3.23. The van der Waals surface area contributed by atoms with E-state index in [2.05, 4.69) is 34.9 Å². The maximum absolute atomic E-state index is 5.09. The monoisotopic (exact) mass is 279 g/mol. The third-order valence-corrected chi connectivity index (χ3v) is 4.39. The lowest BCUT2D eigenvalue weighted by Gasteiger charge is -2.30. The van der Waals surface area contributed by atoms with Crippen molar-refractivity contribution in [2.45, 2.75) is 58.4 Å². The number of hydrogen-bond acceptors (Lipinski definition) is 3. The molecule has 20 heavy (non-hydrogen) atoms. The molecule has 1 aliphatic carbocycles. The van der Waals surface area contributed by atoms with E-state index in [0.717, 1.165) is 37.1 Å². The van der Waals surface area contributed by atoms with Crippen LogP contribution in [-0.4, -0.2) is 29.8 Å². The zero-order valence-electron chi connectivity index (χ0n) is 13.2. The first-order valence-electron chi connectivity index (χ1n) is 8.02. The second kappa shape index (κ2) is 7.67. The van der Waals surface area contributed by atoms with Gasteiger partial charge >= 0.3 is 0 Å². The van der Waals surface area contributed by atoms with E-state index in [1.807, 2.05) is 0 Å². The fraction of sp³-hybridized carbons (Fsp3) is 0.812. The van der Waals surface area contributed by atoms with Gasteiger partial charge < -0.3 is 14.6 Å². The number of hydrogen-bond donors (Lipinski definition) is 1. The third-order valence-electron chi connectivity index (χ3n) is 4.39. The third kappa shape index (κ3) is 3.98. The molecule has 4 nitrogen and oxygen atoms in total. The van der Waals surface area contributed by atoms with Crippen LogP contribution >= 0.6 is 0 Å². The molecule has 0 radical (unpaired) electrons. The van der Waals surface area contributed by atoms with Crippen LogP contribution in [0.4, 0.5) is 5.95 Å². The van der Waals surface area contributed by atoms with E-state index in [4.69, 9.17) is 4.74 Å². The second-order valence-electron chi connectivity index (χ2n) is 5.98. The largest absolute Gasteiger partial charge is 0.385 e. The van der Waals surface area contributed by atoms with Gasteiger partial charge in [0.05, 0.1) is 5.69 Å². The van der Waals surface area contributed by atoms with Crippen molar-refractivity contribution in [2.75, 3.05) is 25.6 Å². The average molecular weight is 279 g/mol. The molecule has 1 heterocycles. The first kappa shape index (κ1) is 15.4. The van der Waals surface area contributed by atoms with E-state index in [1.165, 1.54) is 32.1 Å². The van der Waals surface area contributed by atoms with Gasteiger partial charge in [-0.3, -0.25) is 0 Å². The number of imidazole rings is 1. The van der Waals surface area contributed by atoms with Crippen LogP contribution in [0, 0.1) is 12.8 Å². The van der Waals surface area contributed by atoms with Crippen LogP contribution in [0.3, 0.4) is 0 Å². The highest BCUT2D eigenvalue weighted by Gasteiger charge is 2.24. The van der Waals surface area contributed by atoms with Crippen LogP contribution in [0.5, 0.6) is 0 Å². The lowest BCUT2D eigenvalue weighted by atomic mass is 9.84. The normalized spacial score (nSPS) is 22.9. The van der Waals surface area contributed by atoms with Gasteiger partial charge in [-0.2, -0.15) is 0 Å². The molecule has 2 unspecified atom stereocenters. The average Bonchev–Trinajstić information content (AvgIpc) is 2.85. The lowest BCUT2D eigenvalue weighted by Crippen LogP contribution is -2.20. The minimum atomic E-state index is 0.625. The Labute approximate surface area is 122 Å². The van der Waals surface area contributed by atoms with Crippen molar-refractivity contribution in [2.24, 2.45) is 5.92 Å². The SMILES string of the molecule is CCC1CCCC(n2cc(C)nc2NCCCOC)C1. The molecule has 114 valence electrons. The van der Waals surface area contributed by atoms with Crippen LogP contribution in [0.1, 0.15) is 57.2 Å². The molecule has 0 spiro atoms. The summed E-state index contributed by atoms with van der Waals surface area (Å²) in [6.45, 7) is 6.12. The van der Waals surface area contributed by atoms with Crippen LogP contribution in [-0.2, 0) is 4.74 Å². The minimum absolute atomic E-state index is 0.625. The molecule has 1 saturated carbocycles. The Morgan fingerprint density at radius 3 is 3.05 bits per heavy atom. The van der Waals surface area contributed by atoms with E-state index in [1.54, 1.807) is 7.11 Å². The molecule has 2 atom stereocenters. The summed E-state index contributed by atoms with van der Waals surface area (Å²) >= 11 is 0. The van der Waals surface area contributed by atoms with Gasteiger partial charge in [0.1, 0.15) is 0 Å². The van der Waals surface area contributed by atoms with Crippen LogP contribution in [0.25, 0.3) is 0 Å². The van der Waals surface area contributed by atoms with Gasteiger partial charge in [-0.15, -0.1) is 0 Å². The van der Waals surface area contributed by atoms with Crippen molar-refractivity contribution in [3.05, 3.63) is 11.9 Å². The van der Waals surface area contributed by atoms with Crippen LogP contribution in [0.2, 0.25) is 0 Å². The van der Waals surface area contributed by atoms with E-state index in [9.17, 15) is 0 Å². The first-order valence-corrected chi connectivity index (χ1v) is 8.02.